The highest BCUT2D eigenvalue weighted by atomic mass is 35.5. The van der Waals surface area contributed by atoms with Crippen molar-refractivity contribution in [1.82, 2.24) is 9.03 Å². The van der Waals surface area contributed by atoms with E-state index >= 15 is 0 Å². The first-order chi connectivity index (χ1) is 11.1. The number of nitrogens with one attached hydrogen (secondary N) is 1. The molecular formula is C15H21ClN2O4S2. The summed E-state index contributed by atoms with van der Waals surface area (Å²) in [6.45, 7) is 1.67. The Morgan fingerprint density at radius 3 is 2.25 bits per heavy atom. The smallest absolute Gasteiger partial charge is 0.212 e. The van der Waals surface area contributed by atoms with E-state index < -0.39 is 20.0 Å². The van der Waals surface area contributed by atoms with Crippen LogP contribution in [0.5, 0.6) is 0 Å². The summed E-state index contributed by atoms with van der Waals surface area (Å²) >= 11 is 6.02. The maximum atomic E-state index is 12.7. The SMILES string of the molecule is Cc1c(Cl)cccc1S(=O)(=O)NC1CC2CCC(C1)N2S(C)(=O)=O. The molecule has 2 aliphatic rings. The zero-order chi connectivity index (χ0) is 17.7. The lowest BCUT2D eigenvalue weighted by atomic mass is 10.0. The van der Waals surface area contributed by atoms with Crippen LogP contribution in [0.4, 0.5) is 0 Å². The highest BCUT2D eigenvalue weighted by Gasteiger charge is 2.46. The van der Waals surface area contributed by atoms with Crippen LogP contribution in [-0.2, 0) is 20.0 Å². The molecule has 0 aliphatic carbocycles. The fraction of sp³-hybridized carbons (Fsp3) is 0.600. The minimum atomic E-state index is -3.69. The van der Waals surface area contributed by atoms with Crippen LogP contribution >= 0.6 is 11.6 Å². The average molecular weight is 393 g/mol. The Balaban J connectivity index is 1.80. The van der Waals surface area contributed by atoms with Gasteiger partial charge < -0.3 is 0 Å². The summed E-state index contributed by atoms with van der Waals surface area (Å²) in [5, 5.41) is 0.407. The maximum Gasteiger partial charge on any atom is 0.241 e. The molecule has 0 amide bonds. The summed E-state index contributed by atoms with van der Waals surface area (Å²) in [4.78, 5) is 0.174. The Labute approximate surface area is 148 Å². The summed E-state index contributed by atoms with van der Waals surface area (Å²) < 4.78 is 53.5. The third-order valence-corrected chi connectivity index (χ3v) is 8.31. The van der Waals surface area contributed by atoms with Crippen molar-refractivity contribution in [2.24, 2.45) is 0 Å². The van der Waals surface area contributed by atoms with Crippen molar-refractivity contribution < 1.29 is 16.8 Å². The van der Waals surface area contributed by atoms with Crippen LogP contribution < -0.4 is 4.72 Å². The van der Waals surface area contributed by atoms with Crippen molar-refractivity contribution >= 4 is 31.6 Å². The average Bonchev–Trinajstić information content (AvgIpc) is 2.74. The van der Waals surface area contributed by atoms with Gasteiger partial charge >= 0.3 is 0 Å². The molecule has 0 spiro atoms. The van der Waals surface area contributed by atoms with E-state index in [9.17, 15) is 16.8 Å². The van der Waals surface area contributed by atoms with Crippen molar-refractivity contribution in [3.05, 3.63) is 28.8 Å². The monoisotopic (exact) mass is 392 g/mol. The van der Waals surface area contributed by atoms with Gasteiger partial charge in [-0.15, -0.1) is 0 Å². The Kier molecular flexibility index (Phi) is 4.72. The lowest BCUT2D eigenvalue weighted by Gasteiger charge is -2.37. The van der Waals surface area contributed by atoms with Gasteiger partial charge in [-0.3, -0.25) is 0 Å². The first-order valence-electron chi connectivity index (χ1n) is 7.85. The second kappa shape index (κ2) is 6.25. The van der Waals surface area contributed by atoms with E-state index in [4.69, 9.17) is 11.6 Å². The van der Waals surface area contributed by atoms with Gasteiger partial charge in [0.1, 0.15) is 0 Å². The number of hydrogen-bond donors (Lipinski definition) is 1. The number of halogens is 1. The molecule has 0 saturated carbocycles. The lowest BCUT2D eigenvalue weighted by molar-refractivity contribution is 0.221. The number of hydrogen-bond acceptors (Lipinski definition) is 4. The second-order valence-corrected chi connectivity index (χ2v) is 10.6. The van der Waals surface area contributed by atoms with Crippen molar-refractivity contribution in [2.45, 2.75) is 55.6 Å². The Morgan fingerprint density at radius 2 is 1.71 bits per heavy atom. The van der Waals surface area contributed by atoms with E-state index in [2.05, 4.69) is 4.72 Å². The van der Waals surface area contributed by atoms with E-state index in [1.54, 1.807) is 23.4 Å². The molecule has 1 aromatic rings. The molecule has 2 fully saturated rings. The number of benzene rings is 1. The lowest BCUT2D eigenvalue weighted by Crippen LogP contribution is -2.52. The summed E-state index contributed by atoms with van der Waals surface area (Å²) in [7, 11) is -6.94. The molecule has 24 heavy (non-hydrogen) atoms. The molecule has 0 radical (unpaired) electrons. The summed E-state index contributed by atoms with van der Waals surface area (Å²) in [5.41, 5.74) is 0.517. The van der Waals surface area contributed by atoms with E-state index in [-0.39, 0.29) is 23.0 Å². The number of nitrogens with zero attached hydrogens (tertiary/aromatic N) is 1. The Hall–Kier alpha value is -0.670. The first kappa shape index (κ1) is 18.1. The zero-order valence-corrected chi connectivity index (χ0v) is 16.0. The molecule has 2 saturated heterocycles. The Morgan fingerprint density at radius 1 is 1.12 bits per heavy atom. The molecule has 134 valence electrons. The number of fused-ring (bicyclic) bond motifs is 2. The fourth-order valence-electron chi connectivity index (χ4n) is 3.93. The first-order valence-corrected chi connectivity index (χ1v) is 11.6. The maximum absolute atomic E-state index is 12.7. The molecular weight excluding hydrogens is 372 g/mol. The van der Waals surface area contributed by atoms with Crippen LogP contribution in [-0.4, -0.2) is 45.5 Å². The van der Waals surface area contributed by atoms with Gasteiger partial charge in [-0.1, -0.05) is 17.7 Å². The molecule has 2 heterocycles. The van der Waals surface area contributed by atoms with Crippen LogP contribution in [0.1, 0.15) is 31.2 Å². The molecule has 9 heteroatoms. The second-order valence-electron chi connectivity index (χ2n) is 6.63. The summed E-state index contributed by atoms with van der Waals surface area (Å²) in [5.74, 6) is 0. The van der Waals surface area contributed by atoms with Crippen LogP contribution in [0.15, 0.2) is 23.1 Å². The zero-order valence-electron chi connectivity index (χ0n) is 13.6. The van der Waals surface area contributed by atoms with Crippen LogP contribution in [0, 0.1) is 6.92 Å². The summed E-state index contributed by atoms with van der Waals surface area (Å²) in [6.07, 6.45) is 3.79. The van der Waals surface area contributed by atoms with Gasteiger partial charge in [0.25, 0.3) is 0 Å². The van der Waals surface area contributed by atoms with Crippen molar-refractivity contribution in [3.63, 3.8) is 0 Å². The Bertz CT molecular complexity index is 840. The minimum absolute atomic E-state index is 0.119. The van der Waals surface area contributed by atoms with E-state index in [0.29, 0.717) is 23.4 Å². The van der Waals surface area contributed by atoms with Crippen molar-refractivity contribution in [2.75, 3.05) is 6.26 Å². The molecule has 0 aromatic heterocycles. The van der Waals surface area contributed by atoms with Crippen molar-refractivity contribution in [1.29, 1.82) is 0 Å². The van der Waals surface area contributed by atoms with Gasteiger partial charge in [-0.2, -0.15) is 4.31 Å². The van der Waals surface area contributed by atoms with Gasteiger partial charge in [-0.05, 0) is 50.3 Å². The van der Waals surface area contributed by atoms with Gasteiger partial charge in [-0.25, -0.2) is 21.6 Å². The van der Waals surface area contributed by atoms with E-state index in [1.165, 1.54) is 12.3 Å². The standard InChI is InChI=1S/C15H21ClN2O4S2/c1-10-14(16)4-3-5-15(10)24(21,22)17-11-8-12-6-7-13(9-11)18(12)23(2,19)20/h3-5,11-13,17H,6-9H2,1-2H3. The molecule has 2 aliphatic heterocycles. The van der Waals surface area contributed by atoms with E-state index in [0.717, 1.165) is 12.8 Å². The fourth-order valence-corrected chi connectivity index (χ4v) is 7.16. The van der Waals surface area contributed by atoms with Gasteiger partial charge in [0.2, 0.25) is 20.0 Å². The number of piperidine rings is 1. The van der Waals surface area contributed by atoms with Crippen LogP contribution in [0.25, 0.3) is 0 Å². The minimum Gasteiger partial charge on any atom is -0.212 e. The topological polar surface area (TPSA) is 83.6 Å². The highest BCUT2D eigenvalue weighted by molar-refractivity contribution is 7.89. The molecule has 1 aromatic carbocycles. The van der Waals surface area contributed by atoms with Gasteiger partial charge in [0.15, 0.2) is 0 Å². The van der Waals surface area contributed by atoms with Gasteiger partial charge in [0, 0.05) is 23.1 Å². The quantitative estimate of drug-likeness (QED) is 0.847. The van der Waals surface area contributed by atoms with Crippen molar-refractivity contribution in [3.8, 4) is 0 Å². The normalized spacial score (nSPS) is 28.2. The molecule has 2 bridgehead atoms. The van der Waals surface area contributed by atoms with E-state index in [1.807, 2.05) is 0 Å². The number of sulfonamides is 2. The third kappa shape index (κ3) is 3.35. The molecule has 3 rings (SSSR count). The third-order valence-electron chi connectivity index (χ3n) is 4.88. The molecule has 1 N–H and O–H groups in total. The largest absolute Gasteiger partial charge is 0.241 e. The number of rotatable bonds is 4. The van der Waals surface area contributed by atoms with Crippen LogP contribution in [0.3, 0.4) is 0 Å². The molecule has 6 nitrogen and oxygen atoms in total. The predicted octanol–water partition coefficient (Wildman–Crippen LogP) is 1.88. The molecule has 2 unspecified atom stereocenters. The highest BCUT2D eigenvalue weighted by Crippen LogP contribution is 2.38. The summed E-state index contributed by atoms with van der Waals surface area (Å²) in [6, 6.07) is 4.30. The van der Waals surface area contributed by atoms with Gasteiger partial charge in [0.05, 0.1) is 11.2 Å². The predicted molar refractivity (Wildman–Crippen MR) is 93.0 cm³/mol. The van der Waals surface area contributed by atoms with Crippen LogP contribution in [0.2, 0.25) is 5.02 Å². The molecule has 2 atom stereocenters.